The molecule has 3 nitrogen and oxygen atoms in total. The first-order valence-corrected chi connectivity index (χ1v) is 12.0. The summed E-state index contributed by atoms with van der Waals surface area (Å²) in [6.45, 7) is 10.8. The van der Waals surface area contributed by atoms with Crippen molar-refractivity contribution >= 4 is 28.4 Å². The predicted molar refractivity (Wildman–Crippen MR) is 138 cm³/mol. The highest BCUT2D eigenvalue weighted by Gasteiger charge is 2.30. The van der Waals surface area contributed by atoms with Gasteiger partial charge in [-0.1, -0.05) is 24.8 Å². The van der Waals surface area contributed by atoms with Crippen molar-refractivity contribution in [2.75, 3.05) is 24.7 Å². The van der Waals surface area contributed by atoms with E-state index in [1.807, 2.05) is 26.2 Å². The van der Waals surface area contributed by atoms with Gasteiger partial charge < -0.3 is 15.5 Å². The van der Waals surface area contributed by atoms with E-state index in [9.17, 15) is 4.39 Å². The summed E-state index contributed by atoms with van der Waals surface area (Å²) < 4.78 is 14.5. The number of hydrogen-bond donors (Lipinski definition) is 2. The second-order valence-corrected chi connectivity index (χ2v) is 9.76. The van der Waals surface area contributed by atoms with Gasteiger partial charge in [0.05, 0.1) is 16.3 Å². The SMILES string of the molecule is C=C(c1cc(-c2ccc(C)c(F)c2)c(-c2ccc(NC)c(NC)c2)s1)N1C(C)CCC1C. The van der Waals surface area contributed by atoms with Crippen LogP contribution < -0.4 is 10.6 Å². The van der Waals surface area contributed by atoms with E-state index in [1.165, 1.54) is 12.8 Å². The van der Waals surface area contributed by atoms with Crippen LogP contribution in [0.5, 0.6) is 0 Å². The molecule has 0 radical (unpaired) electrons. The van der Waals surface area contributed by atoms with Gasteiger partial charge in [0, 0.05) is 42.3 Å². The first-order valence-electron chi connectivity index (χ1n) is 11.2. The summed E-state index contributed by atoms with van der Waals surface area (Å²) >= 11 is 1.74. The van der Waals surface area contributed by atoms with Crippen LogP contribution in [0.1, 0.15) is 37.1 Å². The Morgan fingerprint density at radius 1 is 0.969 bits per heavy atom. The number of aryl methyl sites for hydroxylation is 1. The normalized spacial score (nSPS) is 18.1. The molecule has 2 atom stereocenters. The molecule has 3 aromatic rings. The number of halogens is 1. The molecule has 2 heterocycles. The Morgan fingerprint density at radius 2 is 1.62 bits per heavy atom. The van der Waals surface area contributed by atoms with E-state index >= 15 is 0 Å². The fourth-order valence-electron chi connectivity index (χ4n) is 4.69. The van der Waals surface area contributed by atoms with Gasteiger partial charge in [-0.3, -0.25) is 0 Å². The van der Waals surface area contributed by atoms with Gasteiger partial charge in [-0.25, -0.2) is 4.39 Å². The van der Waals surface area contributed by atoms with Crippen LogP contribution >= 0.6 is 11.3 Å². The molecule has 0 amide bonds. The van der Waals surface area contributed by atoms with Gasteiger partial charge in [-0.05, 0) is 74.6 Å². The fourth-order valence-corrected chi connectivity index (χ4v) is 5.84. The highest BCUT2D eigenvalue weighted by Crippen LogP contribution is 2.45. The minimum atomic E-state index is -0.178. The molecule has 32 heavy (non-hydrogen) atoms. The molecule has 1 aliphatic heterocycles. The van der Waals surface area contributed by atoms with Crippen molar-refractivity contribution in [2.45, 2.75) is 45.7 Å². The number of hydrogen-bond acceptors (Lipinski definition) is 4. The summed E-state index contributed by atoms with van der Waals surface area (Å²) in [5, 5.41) is 6.50. The van der Waals surface area contributed by atoms with Crippen LogP contribution in [0.4, 0.5) is 15.8 Å². The zero-order valence-electron chi connectivity index (χ0n) is 19.6. The molecule has 0 saturated carbocycles. The van der Waals surface area contributed by atoms with Gasteiger partial charge in [-0.15, -0.1) is 11.3 Å². The molecule has 0 spiro atoms. The maximum absolute atomic E-state index is 14.5. The number of nitrogens with one attached hydrogen (secondary N) is 2. The van der Waals surface area contributed by atoms with E-state index in [0.29, 0.717) is 17.6 Å². The van der Waals surface area contributed by atoms with E-state index < -0.39 is 0 Å². The van der Waals surface area contributed by atoms with Gasteiger partial charge in [0.2, 0.25) is 0 Å². The molecule has 1 aliphatic rings. The highest BCUT2D eigenvalue weighted by atomic mass is 32.1. The largest absolute Gasteiger partial charge is 0.386 e. The second kappa shape index (κ2) is 8.99. The molecule has 2 aromatic carbocycles. The molecule has 1 fully saturated rings. The van der Waals surface area contributed by atoms with E-state index in [1.54, 1.807) is 24.3 Å². The third kappa shape index (κ3) is 4.02. The Labute approximate surface area is 195 Å². The maximum Gasteiger partial charge on any atom is 0.126 e. The zero-order valence-corrected chi connectivity index (χ0v) is 20.4. The van der Waals surface area contributed by atoms with Crippen LogP contribution in [-0.2, 0) is 0 Å². The number of nitrogens with zero attached hydrogens (tertiary/aromatic N) is 1. The van der Waals surface area contributed by atoms with Crippen LogP contribution in [0.25, 0.3) is 27.3 Å². The number of anilines is 2. The molecule has 4 rings (SSSR count). The maximum atomic E-state index is 14.5. The van der Waals surface area contributed by atoms with E-state index in [4.69, 9.17) is 0 Å². The summed E-state index contributed by atoms with van der Waals surface area (Å²) in [6, 6.07) is 15.0. The first-order chi connectivity index (χ1) is 15.3. The standard InChI is InChI=1S/C27H32FN3S/c1-16-7-10-20(13-23(16)28)22-15-26(19(4)31-17(2)8-9-18(31)3)32-27(22)21-11-12-24(29-5)25(14-21)30-6/h7,10-15,17-18,29-30H,4,8-9H2,1-3,5-6H3. The molecule has 5 heteroatoms. The van der Waals surface area contributed by atoms with Gasteiger partial charge in [0.15, 0.2) is 0 Å². The van der Waals surface area contributed by atoms with Gasteiger partial charge in [0.25, 0.3) is 0 Å². The number of benzene rings is 2. The van der Waals surface area contributed by atoms with E-state index in [-0.39, 0.29) is 5.82 Å². The van der Waals surface area contributed by atoms with Gasteiger partial charge >= 0.3 is 0 Å². The van der Waals surface area contributed by atoms with Crippen LogP contribution in [0.3, 0.4) is 0 Å². The molecular weight excluding hydrogens is 417 g/mol. The van der Waals surface area contributed by atoms with Crippen LogP contribution in [-0.4, -0.2) is 31.1 Å². The van der Waals surface area contributed by atoms with E-state index in [0.717, 1.165) is 43.5 Å². The predicted octanol–water partition coefficient (Wildman–Crippen LogP) is 7.46. The van der Waals surface area contributed by atoms with Gasteiger partial charge in [0.1, 0.15) is 5.82 Å². The molecule has 2 unspecified atom stereocenters. The lowest BCUT2D eigenvalue weighted by Crippen LogP contribution is -2.30. The number of likely N-dealkylation sites (tertiary alicyclic amines) is 1. The fraction of sp³-hybridized carbons (Fsp3) is 0.333. The third-order valence-electron chi connectivity index (χ3n) is 6.58. The Hall–Kier alpha value is -2.79. The van der Waals surface area contributed by atoms with Crippen LogP contribution in [0.15, 0.2) is 49.0 Å². The van der Waals surface area contributed by atoms with Crippen molar-refractivity contribution < 1.29 is 4.39 Å². The second-order valence-electron chi connectivity index (χ2n) is 8.71. The smallest absolute Gasteiger partial charge is 0.126 e. The lowest BCUT2D eigenvalue weighted by atomic mass is 10.00. The molecule has 0 bridgehead atoms. The number of rotatable bonds is 6. The average Bonchev–Trinajstić information content (AvgIpc) is 3.38. The Morgan fingerprint density at radius 3 is 2.25 bits per heavy atom. The minimum absolute atomic E-state index is 0.178. The van der Waals surface area contributed by atoms with E-state index in [2.05, 4.69) is 60.2 Å². The topological polar surface area (TPSA) is 27.3 Å². The van der Waals surface area contributed by atoms with Crippen molar-refractivity contribution in [3.63, 3.8) is 0 Å². The molecule has 1 aromatic heterocycles. The molecule has 2 N–H and O–H groups in total. The van der Waals surface area contributed by atoms with Crippen LogP contribution in [0.2, 0.25) is 0 Å². The molecule has 0 aliphatic carbocycles. The summed E-state index contributed by atoms with van der Waals surface area (Å²) in [5.41, 5.74) is 6.84. The Bertz CT molecular complexity index is 1140. The summed E-state index contributed by atoms with van der Waals surface area (Å²) in [5.74, 6) is -0.178. The van der Waals surface area contributed by atoms with Gasteiger partial charge in [-0.2, -0.15) is 0 Å². The monoisotopic (exact) mass is 449 g/mol. The van der Waals surface area contributed by atoms with Crippen molar-refractivity contribution in [2.24, 2.45) is 0 Å². The van der Waals surface area contributed by atoms with Crippen molar-refractivity contribution in [3.05, 3.63) is 65.3 Å². The summed E-state index contributed by atoms with van der Waals surface area (Å²) in [7, 11) is 3.84. The molecule has 1 saturated heterocycles. The quantitative estimate of drug-likeness (QED) is 0.409. The Kier molecular flexibility index (Phi) is 6.29. The summed E-state index contributed by atoms with van der Waals surface area (Å²) in [6.07, 6.45) is 2.37. The van der Waals surface area contributed by atoms with Crippen molar-refractivity contribution in [3.8, 4) is 21.6 Å². The molecular formula is C27H32FN3S. The highest BCUT2D eigenvalue weighted by molar-refractivity contribution is 7.17. The average molecular weight is 450 g/mol. The zero-order chi connectivity index (χ0) is 23.0. The minimum Gasteiger partial charge on any atom is -0.386 e. The third-order valence-corrected chi connectivity index (χ3v) is 7.82. The van der Waals surface area contributed by atoms with Crippen molar-refractivity contribution in [1.29, 1.82) is 0 Å². The molecule has 168 valence electrons. The first kappa shape index (κ1) is 22.4. The Balaban J connectivity index is 1.86. The lowest BCUT2D eigenvalue weighted by Gasteiger charge is -2.30. The van der Waals surface area contributed by atoms with Crippen LogP contribution in [0, 0.1) is 12.7 Å². The lowest BCUT2D eigenvalue weighted by molar-refractivity contribution is 0.326. The summed E-state index contributed by atoms with van der Waals surface area (Å²) in [4.78, 5) is 4.71. The number of thiophene rings is 1. The van der Waals surface area contributed by atoms with Crippen molar-refractivity contribution in [1.82, 2.24) is 4.90 Å².